The summed E-state index contributed by atoms with van der Waals surface area (Å²) in [6.07, 6.45) is -2.97. The molecule has 9 nitrogen and oxygen atoms in total. The molecule has 1 N–H and O–H groups in total. The second-order valence-electron chi connectivity index (χ2n) is 11.2. The number of alkyl halides is 3. The number of carbonyl (C=O) groups is 1. The monoisotopic (exact) mass is 557 g/mol. The molecule has 1 aromatic carbocycles. The average Bonchev–Trinajstić information content (AvgIpc) is 3.36. The molecule has 1 unspecified atom stereocenters. The maximum absolute atomic E-state index is 13.5. The van der Waals surface area contributed by atoms with Crippen LogP contribution in [0.4, 0.5) is 29.7 Å². The number of anilines is 2. The molecule has 0 spiro atoms. The average molecular weight is 558 g/mol. The zero-order valence-electron chi connectivity index (χ0n) is 23.3. The minimum Gasteiger partial charge on any atom is -0.444 e. The molecule has 0 saturated carbocycles. The van der Waals surface area contributed by atoms with E-state index in [9.17, 15) is 18.0 Å². The van der Waals surface area contributed by atoms with Crippen LogP contribution >= 0.6 is 0 Å². The predicted molar refractivity (Wildman–Crippen MR) is 146 cm³/mol. The summed E-state index contributed by atoms with van der Waals surface area (Å²) in [5, 5.41) is 4.02. The quantitative estimate of drug-likeness (QED) is 0.493. The summed E-state index contributed by atoms with van der Waals surface area (Å²) in [7, 11) is 0. The van der Waals surface area contributed by atoms with Crippen LogP contribution in [0.1, 0.15) is 50.4 Å². The Morgan fingerprint density at radius 3 is 2.52 bits per heavy atom. The Labute approximate surface area is 230 Å². The highest BCUT2D eigenvalue weighted by atomic mass is 19.4. The first-order chi connectivity index (χ1) is 18.8. The molecule has 2 aromatic heterocycles. The van der Waals surface area contributed by atoms with Crippen LogP contribution in [0, 0.1) is 6.92 Å². The van der Waals surface area contributed by atoms with E-state index in [0.29, 0.717) is 49.7 Å². The molecular formula is C28H34F3N7O2. The van der Waals surface area contributed by atoms with E-state index in [1.165, 1.54) is 13.0 Å². The number of nitrogens with zero attached hydrogens (tertiary/aromatic N) is 6. The van der Waals surface area contributed by atoms with Crippen molar-refractivity contribution in [2.45, 2.75) is 59.0 Å². The van der Waals surface area contributed by atoms with Gasteiger partial charge in [-0.25, -0.2) is 9.78 Å². The Kier molecular flexibility index (Phi) is 7.13. The van der Waals surface area contributed by atoms with Gasteiger partial charge < -0.3 is 24.4 Å². The minimum atomic E-state index is -4.44. The number of amides is 1. The van der Waals surface area contributed by atoms with E-state index in [1.54, 1.807) is 24.1 Å². The molecule has 2 aliphatic heterocycles. The van der Waals surface area contributed by atoms with Crippen molar-refractivity contribution >= 4 is 28.8 Å². The van der Waals surface area contributed by atoms with Crippen LogP contribution in [-0.2, 0) is 17.5 Å². The van der Waals surface area contributed by atoms with Crippen LogP contribution in [0.15, 0.2) is 35.5 Å². The van der Waals surface area contributed by atoms with E-state index in [4.69, 9.17) is 19.7 Å². The van der Waals surface area contributed by atoms with Gasteiger partial charge in [0.05, 0.1) is 23.3 Å². The Morgan fingerprint density at radius 1 is 1.12 bits per heavy atom. The molecule has 0 bridgehead atoms. The number of piperazine rings is 1. The number of hydrogen-bond acceptors (Lipinski definition) is 7. The number of hydrogen-bond donors (Lipinski definition) is 1. The summed E-state index contributed by atoms with van der Waals surface area (Å²) in [6, 6.07) is 5.56. The number of aromatic nitrogens is 3. The second-order valence-corrected chi connectivity index (χ2v) is 11.2. The summed E-state index contributed by atoms with van der Waals surface area (Å²) in [5.74, 6) is 1.38. The molecule has 1 atom stereocenters. The standard InChI is InChI=1S/C28H34F3N7O2/c1-17-19(7-6-8-21(17)28(29,30)31)18(2)34-24-20-15-23(33-16-22(20)38-10-9-32-25(38)35-24)36-11-13-37(14-12-36)26(39)40-27(3,4)5/h6-8,15-16,18H,9-14H2,1-5H3,(H,32,34,35). The number of ether oxygens (including phenoxy) is 1. The normalized spacial score (nSPS) is 17.1. The fourth-order valence-corrected chi connectivity index (χ4v) is 5.19. The van der Waals surface area contributed by atoms with Gasteiger partial charge in [-0.1, -0.05) is 12.1 Å². The number of fused-ring (bicyclic) bond motifs is 3. The van der Waals surface area contributed by atoms with Crippen molar-refractivity contribution in [3.63, 3.8) is 0 Å². The molecule has 1 amide bonds. The number of pyridine rings is 1. The van der Waals surface area contributed by atoms with Gasteiger partial charge in [-0.2, -0.15) is 18.2 Å². The highest BCUT2D eigenvalue weighted by Gasteiger charge is 2.33. The smallest absolute Gasteiger partial charge is 0.416 e. The fraction of sp³-hybridized carbons (Fsp3) is 0.500. The molecule has 40 heavy (non-hydrogen) atoms. The number of nitrogens with one attached hydrogen (secondary N) is 1. The Balaban J connectivity index is 1.49. The topological polar surface area (TPSA) is 87.9 Å². The zero-order chi connectivity index (χ0) is 28.8. The van der Waals surface area contributed by atoms with Gasteiger partial charge in [-0.05, 0) is 57.9 Å². The molecule has 1 fully saturated rings. The summed E-state index contributed by atoms with van der Waals surface area (Å²) in [5.41, 5.74) is 0.729. The molecular weight excluding hydrogens is 523 g/mol. The van der Waals surface area contributed by atoms with E-state index >= 15 is 0 Å². The van der Waals surface area contributed by atoms with Gasteiger partial charge in [0.2, 0.25) is 5.95 Å². The van der Waals surface area contributed by atoms with Gasteiger partial charge in [0.1, 0.15) is 11.4 Å². The number of rotatable bonds is 3. The lowest BCUT2D eigenvalue weighted by atomic mass is 9.97. The van der Waals surface area contributed by atoms with Gasteiger partial charge >= 0.3 is 12.3 Å². The van der Waals surface area contributed by atoms with Gasteiger partial charge in [-0.15, -0.1) is 0 Å². The third kappa shape index (κ3) is 5.57. The van der Waals surface area contributed by atoms with E-state index in [-0.39, 0.29) is 11.7 Å². The highest BCUT2D eigenvalue weighted by molar-refractivity contribution is 5.81. The number of halogens is 3. The van der Waals surface area contributed by atoms with Crippen molar-refractivity contribution in [1.29, 1.82) is 0 Å². The highest BCUT2D eigenvalue weighted by Crippen LogP contribution is 2.35. The Bertz CT molecular complexity index is 1500. The zero-order valence-corrected chi connectivity index (χ0v) is 23.3. The van der Waals surface area contributed by atoms with Crippen molar-refractivity contribution < 1.29 is 22.7 Å². The van der Waals surface area contributed by atoms with Crippen LogP contribution < -0.4 is 15.7 Å². The van der Waals surface area contributed by atoms with Crippen molar-refractivity contribution in [2.75, 3.05) is 42.9 Å². The van der Waals surface area contributed by atoms with Gasteiger partial charge in [0.15, 0.2) is 5.49 Å². The van der Waals surface area contributed by atoms with Crippen LogP contribution in [0.5, 0.6) is 0 Å². The number of benzene rings is 1. The SMILES string of the molecule is Cc1c(C(C)N=c2nc3n(c4cnc(N5CCN(C(=O)OC(C)(C)C)CC5)cc24)CCN3)cccc1C(F)(F)F. The maximum atomic E-state index is 13.5. The second kappa shape index (κ2) is 10.3. The lowest BCUT2D eigenvalue weighted by Crippen LogP contribution is -2.50. The lowest BCUT2D eigenvalue weighted by molar-refractivity contribution is -0.138. The summed E-state index contributed by atoms with van der Waals surface area (Å²) < 4.78 is 48.2. The van der Waals surface area contributed by atoms with E-state index in [0.717, 1.165) is 29.3 Å². The van der Waals surface area contributed by atoms with Gasteiger partial charge in [0.25, 0.3) is 0 Å². The van der Waals surface area contributed by atoms with Crippen LogP contribution in [0.2, 0.25) is 0 Å². The van der Waals surface area contributed by atoms with E-state index < -0.39 is 23.4 Å². The van der Waals surface area contributed by atoms with Crippen LogP contribution in [0.25, 0.3) is 10.9 Å². The molecule has 1 saturated heterocycles. The number of carbonyl (C=O) groups excluding carboxylic acids is 1. The molecule has 5 rings (SSSR count). The van der Waals surface area contributed by atoms with E-state index in [1.807, 2.05) is 31.4 Å². The van der Waals surface area contributed by atoms with E-state index in [2.05, 4.69) is 10.2 Å². The summed E-state index contributed by atoms with van der Waals surface area (Å²) >= 11 is 0. The van der Waals surface area contributed by atoms with Crippen molar-refractivity contribution in [3.05, 3.63) is 52.6 Å². The molecule has 4 heterocycles. The molecule has 2 aliphatic rings. The Morgan fingerprint density at radius 2 is 1.85 bits per heavy atom. The molecule has 3 aromatic rings. The maximum Gasteiger partial charge on any atom is 0.416 e. The first kappa shape index (κ1) is 27.7. The molecule has 0 radical (unpaired) electrons. The Hall–Kier alpha value is -3.83. The van der Waals surface area contributed by atoms with Gasteiger partial charge in [0, 0.05) is 44.7 Å². The summed E-state index contributed by atoms with van der Waals surface area (Å²) in [4.78, 5) is 30.6. The molecule has 0 aliphatic carbocycles. The van der Waals surface area contributed by atoms with Crippen LogP contribution in [0.3, 0.4) is 0 Å². The fourth-order valence-electron chi connectivity index (χ4n) is 5.19. The largest absolute Gasteiger partial charge is 0.444 e. The van der Waals surface area contributed by atoms with Crippen LogP contribution in [-0.4, -0.2) is 63.9 Å². The first-order valence-corrected chi connectivity index (χ1v) is 13.4. The van der Waals surface area contributed by atoms with Crippen molar-refractivity contribution in [2.24, 2.45) is 4.99 Å². The minimum absolute atomic E-state index is 0.162. The third-order valence-electron chi connectivity index (χ3n) is 7.19. The lowest BCUT2D eigenvalue weighted by Gasteiger charge is -2.36. The van der Waals surface area contributed by atoms with Gasteiger partial charge in [-0.3, -0.25) is 4.99 Å². The molecule has 214 valence electrons. The van der Waals surface area contributed by atoms with Crippen molar-refractivity contribution in [1.82, 2.24) is 19.4 Å². The molecule has 12 heteroatoms. The first-order valence-electron chi connectivity index (χ1n) is 13.4. The predicted octanol–water partition coefficient (Wildman–Crippen LogP) is 4.90. The third-order valence-corrected chi connectivity index (χ3v) is 7.19. The van der Waals surface area contributed by atoms with Crippen molar-refractivity contribution in [3.8, 4) is 0 Å². The summed E-state index contributed by atoms with van der Waals surface area (Å²) in [6.45, 7) is 12.4.